The van der Waals surface area contributed by atoms with Crippen molar-refractivity contribution in [2.45, 2.75) is 18.1 Å². The van der Waals surface area contributed by atoms with E-state index in [1.54, 1.807) is 0 Å². The number of urea groups is 1. The van der Waals surface area contributed by atoms with Gasteiger partial charge < -0.3 is 10.8 Å². The van der Waals surface area contributed by atoms with Crippen LogP contribution >= 0.6 is 11.8 Å². The van der Waals surface area contributed by atoms with E-state index < -0.39 is 23.0 Å². The monoisotopic (exact) mass is 272 g/mol. The fraction of sp³-hybridized carbons (Fsp3) is 0.444. The number of hydrogen-bond acceptors (Lipinski definition) is 6. The molecule has 0 spiro atoms. The molecule has 0 heterocycles. The number of thioether (sulfide) groups is 1. The molecule has 0 aliphatic heterocycles. The molecule has 0 unspecified atom stereocenters. The van der Waals surface area contributed by atoms with E-state index in [1.165, 1.54) is 0 Å². The van der Waals surface area contributed by atoms with Crippen LogP contribution in [0.1, 0.15) is 12.8 Å². The number of carbonyl (C=O) groups is 3. The summed E-state index contributed by atoms with van der Waals surface area (Å²) in [5.41, 5.74) is 6.56. The Morgan fingerprint density at radius 3 is 2.72 bits per heavy atom. The van der Waals surface area contributed by atoms with Crippen LogP contribution in [0.5, 0.6) is 0 Å². The minimum Gasteiger partial charge on any atom is -0.481 e. The molecule has 0 fully saturated rings. The number of nitrogens with two attached hydrogens (primary N) is 1. The summed E-state index contributed by atoms with van der Waals surface area (Å²) >= 11 is 1.08. The molecule has 18 heavy (non-hydrogen) atoms. The number of ketones is 1. The second-order valence-electron chi connectivity index (χ2n) is 3.04. The second-order valence-corrected chi connectivity index (χ2v) is 4.35. The van der Waals surface area contributed by atoms with Gasteiger partial charge in [0.1, 0.15) is 0 Å². The highest BCUT2D eigenvalue weighted by atomic mass is 32.2. The number of nitrogens with zero attached hydrogens (tertiary/aromatic N) is 2. The normalized spacial score (nSPS) is 11.7. The smallest absolute Gasteiger partial charge is 0.332 e. The van der Waals surface area contributed by atoms with Gasteiger partial charge >= 0.3 is 12.0 Å². The molecule has 4 N–H and O–H groups in total. The van der Waals surface area contributed by atoms with E-state index >= 15 is 0 Å². The minimum atomic E-state index is -0.960. The zero-order valence-electron chi connectivity index (χ0n) is 9.33. The Morgan fingerprint density at radius 2 is 2.22 bits per heavy atom. The predicted octanol–water partition coefficient (Wildman–Crippen LogP) is -0.300. The lowest BCUT2D eigenvalue weighted by molar-refractivity contribution is -0.136. The molecular weight excluding hydrogens is 260 g/mol. The highest BCUT2D eigenvalue weighted by molar-refractivity contribution is 8.00. The molecule has 1 atom stereocenters. The van der Waals surface area contributed by atoms with Gasteiger partial charge in [-0.15, -0.1) is 11.8 Å². The molecular formula is C9H12N4O4S. The lowest BCUT2D eigenvalue weighted by atomic mass is 10.2. The quantitative estimate of drug-likeness (QED) is 0.408. The highest BCUT2D eigenvalue weighted by Gasteiger charge is 2.13. The van der Waals surface area contributed by atoms with E-state index in [0.717, 1.165) is 18.0 Å². The van der Waals surface area contributed by atoms with Crippen molar-refractivity contribution in [1.29, 1.82) is 5.26 Å². The van der Waals surface area contributed by atoms with Crippen LogP contribution in [0.15, 0.2) is 5.10 Å². The molecule has 0 radical (unpaired) electrons. The molecule has 9 heteroatoms. The number of nitrogens with one attached hydrogen (secondary N) is 1. The first kappa shape index (κ1) is 15.9. The molecule has 98 valence electrons. The maximum atomic E-state index is 11.3. The van der Waals surface area contributed by atoms with Gasteiger partial charge in [0.05, 0.1) is 24.0 Å². The molecule has 8 nitrogen and oxygen atoms in total. The molecule has 0 rings (SSSR count). The average Bonchev–Trinajstić information content (AvgIpc) is 2.26. The van der Waals surface area contributed by atoms with Crippen molar-refractivity contribution >= 4 is 35.8 Å². The number of hydrogen-bond donors (Lipinski definition) is 3. The molecule has 0 saturated carbocycles. The van der Waals surface area contributed by atoms with Crippen LogP contribution < -0.4 is 11.2 Å². The van der Waals surface area contributed by atoms with Gasteiger partial charge in [0.25, 0.3) is 0 Å². The van der Waals surface area contributed by atoms with Crippen molar-refractivity contribution in [3.63, 3.8) is 0 Å². The molecule has 0 aromatic heterocycles. The van der Waals surface area contributed by atoms with E-state index in [4.69, 9.17) is 16.1 Å². The predicted molar refractivity (Wildman–Crippen MR) is 64.9 cm³/mol. The zero-order valence-corrected chi connectivity index (χ0v) is 10.1. The van der Waals surface area contributed by atoms with Crippen molar-refractivity contribution in [2.75, 3.05) is 5.75 Å². The summed E-state index contributed by atoms with van der Waals surface area (Å²) in [6.45, 7) is 0. The zero-order chi connectivity index (χ0) is 14.0. The van der Waals surface area contributed by atoms with Crippen LogP contribution in [0, 0.1) is 11.3 Å². The van der Waals surface area contributed by atoms with Crippen molar-refractivity contribution < 1.29 is 19.5 Å². The van der Waals surface area contributed by atoms with E-state index in [2.05, 4.69) is 5.10 Å². The summed E-state index contributed by atoms with van der Waals surface area (Å²) < 4.78 is 0. The number of carbonyl (C=O) groups excluding carboxylic acids is 2. The molecule has 0 bridgehead atoms. The molecule has 0 aliphatic rings. The summed E-state index contributed by atoms with van der Waals surface area (Å²) in [7, 11) is 0. The number of Topliss-reactive ketones (excluding diaryl/α,β-unsaturated/α-hetero) is 1. The van der Waals surface area contributed by atoms with Crippen molar-refractivity contribution in [3.05, 3.63) is 0 Å². The third-order valence-corrected chi connectivity index (χ3v) is 2.66. The van der Waals surface area contributed by atoms with Gasteiger partial charge in [0, 0.05) is 12.2 Å². The van der Waals surface area contributed by atoms with E-state index in [-0.39, 0.29) is 18.6 Å². The Bertz CT molecular complexity index is 391. The van der Waals surface area contributed by atoms with Gasteiger partial charge in [-0.05, 0) is 0 Å². The summed E-state index contributed by atoms with van der Waals surface area (Å²) in [5.74, 6) is -1.17. The Balaban J connectivity index is 4.01. The summed E-state index contributed by atoms with van der Waals surface area (Å²) in [5, 5.41) is 19.8. The largest absolute Gasteiger partial charge is 0.481 e. The average molecular weight is 272 g/mol. The lowest BCUT2D eigenvalue weighted by Gasteiger charge is -2.04. The topological polar surface area (TPSA) is 146 Å². The van der Waals surface area contributed by atoms with Gasteiger partial charge in [-0.2, -0.15) is 10.4 Å². The van der Waals surface area contributed by atoms with Gasteiger partial charge in [0.15, 0.2) is 5.78 Å². The molecule has 0 saturated heterocycles. The number of carboxylic acids is 1. The number of carboxylic acid groups (broad SMARTS) is 1. The second kappa shape index (κ2) is 9.00. The molecule has 2 amide bonds. The van der Waals surface area contributed by atoms with Crippen molar-refractivity contribution in [3.8, 4) is 6.07 Å². The van der Waals surface area contributed by atoms with Gasteiger partial charge in [-0.1, -0.05) is 0 Å². The van der Waals surface area contributed by atoms with Crippen LogP contribution in [-0.4, -0.2) is 40.1 Å². The first-order valence-corrected chi connectivity index (χ1v) is 5.85. The van der Waals surface area contributed by atoms with Crippen LogP contribution in [-0.2, 0) is 9.59 Å². The fourth-order valence-corrected chi connectivity index (χ4v) is 1.77. The number of aliphatic carboxylic acids is 1. The first-order chi connectivity index (χ1) is 8.45. The SMILES string of the molecule is N#C[C@H](CC(=O)/C=N\NC(N)=O)SCCC(=O)O. The fourth-order valence-electron chi connectivity index (χ4n) is 0.834. The maximum Gasteiger partial charge on any atom is 0.332 e. The third-order valence-electron chi connectivity index (χ3n) is 1.55. The summed E-state index contributed by atoms with van der Waals surface area (Å²) in [4.78, 5) is 31.8. The molecule has 0 aromatic rings. The first-order valence-electron chi connectivity index (χ1n) is 4.80. The Morgan fingerprint density at radius 1 is 1.56 bits per heavy atom. The summed E-state index contributed by atoms with van der Waals surface area (Å²) in [6.07, 6.45) is 0.673. The minimum absolute atomic E-state index is 0.0750. The Hall–Kier alpha value is -2.08. The number of amides is 2. The summed E-state index contributed by atoms with van der Waals surface area (Å²) in [6, 6.07) is 0.985. The number of rotatable bonds is 8. The lowest BCUT2D eigenvalue weighted by Crippen LogP contribution is -2.25. The van der Waals surface area contributed by atoms with Crippen LogP contribution in [0.25, 0.3) is 0 Å². The Kier molecular flexibility index (Phi) is 7.96. The van der Waals surface area contributed by atoms with Gasteiger partial charge in [-0.3, -0.25) is 9.59 Å². The van der Waals surface area contributed by atoms with Crippen LogP contribution in [0.4, 0.5) is 4.79 Å². The van der Waals surface area contributed by atoms with Gasteiger partial charge in [0.2, 0.25) is 0 Å². The highest BCUT2D eigenvalue weighted by Crippen LogP contribution is 2.15. The number of hydrazone groups is 1. The van der Waals surface area contributed by atoms with Crippen molar-refractivity contribution in [2.24, 2.45) is 10.8 Å². The van der Waals surface area contributed by atoms with Crippen molar-refractivity contribution in [1.82, 2.24) is 5.43 Å². The molecule has 0 aromatic carbocycles. The number of primary amides is 1. The standard InChI is InChI=1S/C9H12N4O4S/c10-4-7(18-2-1-8(15)16)3-6(14)5-12-13-9(11)17/h5,7H,1-3H2,(H,15,16)(H3,11,13,17)/b12-5-/t7-/m0/s1. The van der Waals surface area contributed by atoms with E-state index in [9.17, 15) is 14.4 Å². The van der Waals surface area contributed by atoms with Crippen LogP contribution in [0.3, 0.4) is 0 Å². The Labute approximate surface area is 107 Å². The van der Waals surface area contributed by atoms with E-state index in [0.29, 0.717) is 0 Å². The number of nitriles is 1. The van der Waals surface area contributed by atoms with Crippen LogP contribution in [0.2, 0.25) is 0 Å². The van der Waals surface area contributed by atoms with Gasteiger partial charge in [-0.25, -0.2) is 10.2 Å². The van der Waals surface area contributed by atoms with E-state index in [1.807, 2.05) is 11.5 Å². The maximum absolute atomic E-state index is 11.3. The third kappa shape index (κ3) is 9.17. The molecule has 0 aliphatic carbocycles.